The number of thiophene rings is 1. The number of rotatable bonds is 5. The van der Waals surface area contributed by atoms with Crippen molar-refractivity contribution in [2.24, 2.45) is 5.41 Å². The molecule has 0 fully saturated rings. The van der Waals surface area contributed by atoms with Crippen molar-refractivity contribution >= 4 is 11.3 Å². The van der Waals surface area contributed by atoms with Gasteiger partial charge in [-0.1, -0.05) is 20.8 Å². The van der Waals surface area contributed by atoms with Gasteiger partial charge >= 0.3 is 0 Å². The first kappa shape index (κ1) is 14.3. The third-order valence-electron chi connectivity index (χ3n) is 3.48. The average molecular weight is 277 g/mol. The summed E-state index contributed by atoms with van der Waals surface area (Å²) in [6.45, 7) is 10.9. The van der Waals surface area contributed by atoms with Crippen LogP contribution in [0.3, 0.4) is 0 Å². The number of hydrogen-bond donors (Lipinski definition) is 1. The van der Waals surface area contributed by atoms with Gasteiger partial charge in [-0.3, -0.25) is 0 Å². The van der Waals surface area contributed by atoms with Crippen molar-refractivity contribution in [3.63, 3.8) is 0 Å². The first-order valence-corrected chi connectivity index (χ1v) is 7.57. The maximum absolute atomic E-state index is 4.12. The van der Waals surface area contributed by atoms with E-state index in [9.17, 15) is 0 Å². The van der Waals surface area contributed by atoms with Crippen molar-refractivity contribution in [2.75, 3.05) is 0 Å². The van der Waals surface area contributed by atoms with Gasteiger partial charge in [-0.15, -0.1) is 11.3 Å². The third kappa shape index (κ3) is 3.91. The number of nitrogens with one attached hydrogen (secondary N) is 1. The minimum Gasteiger partial charge on any atom is -0.336 e. The molecule has 1 atom stereocenters. The molecule has 3 nitrogen and oxygen atoms in total. The van der Waals surface area contributed by atoms with E-state index in [-0.39, 0.29) is 5.41 Å². The van der Waals surface area contributed by atoms with Gasteiger partial charge in [0, 0.05) is 36.4 Å². The smallest absolute Gasteiger partial charge is 0.0946 e. The summed E-state index contributed by atoms with van der Waals surface area (Å²) >= 11 is 1.83. The lowest BCUT2D eigenvalue weighted by Crippen LogP contribution is -2.42. The summed E-state index contributed by atoms with van der Waals surface area (Å²) in [6.07, 6.45) is 5.75. The van der Waals surface area contributed by atoms with Crippen LogP contribution in [0.4, 0.5) is 0 Å². The molecule has 0 bridgehead atoms. The van der Waals surface area contributed by atoms with Crippen LogP contribution in [0.2, 0.25) is 0 Å². The van der Waals surface area contributed by atoms with Crippen LogP contribution < -0.4 is 5.32 Å². The molecule has 0 saturated heterocycles. The number of imidazole rings is 1. The highest BCUT2D eigenvalue weighted by Crippen LogP contribution is 2.22. The first-order valence-electron chi connectivity index (χ1n) is 6.69. The van der Waals surface area contributed by atoms with E-state index in [1.807, 2.05) is 30.1 Å². The lowest BCUT2D eigenvalue weighted by Gasteiger charge is -2.32. The molecule has 0 radical (unpaired) electrons. The molecular formula is C15H23N3S. The van der Waals surface area contributed by atoms with Crippen LogP contribution in [0, 0.1) is 12.3 Å². The molecule has 4 heteroatoms. The zero-order valence-corrected chi connectivity index (χ0v) is 13.0. The second-order valence-corrected chi connectivity index (χ2v) is 7.09. The summed E-state index contributed by atoms with van der Waals surface area (Å²) < 4.78 is 2.14. The zero-order chi connectivity index (χ0) is 13.9. The van der Waals surface area contributed by atoms with Crippen molar-refractivity contribution in [2.45, 2.75) is 46.8 Å². The highest BCUT2D eigenvalue weighted by molar-refractivity contribution is 7.10. The summed E-state index contributed by atoms with van der Waals surface area (Å²) in [5.74, 6) is 0. The van der Waals surface area contributed by atoms with Crippen molar-refractivity contribution in [3.8, 4) is 0 Å². The first-order chi connectivity index (χ1) is 8.97. The van der Waals surface area contributed by atoms with Crippen molar-refractivity contribution in [3.05, 3.63) is 40.6 Å². The quantitative estimate of drug-likeness (QED) is 0.907. The van der Waals surface area contributed by atoms with Crippen LogP contribution >= 0.6 is 11.3 Å². The van der Waals surface area contributed by atoms with E-state index in [0.717, 1.165) is 13.1 Å². The van der Waals surface area contributed by atoms with E-state index >= 15 is 0 Å². The fourth-order valence-corrected chi connectivity index (χ4v) is 2.91. The van der Waals surface area contributed by atoms with Gasteiger partial charge < -0.3 is 9.88 Å². The maximum Gasteiger partial charge on any atom is 0.0946 e. The molecule has 1 N–H and O–H groups in total. The number of hydrogen-bond acceptors (Lipinski definition) is 3. The molecule has 0 saturated carbocycles. The normalized spacial score (nSPS) is 13.7. The van der Waals surface area contributed by atoms with Crippen molar-refractivity contribution in [1.29, 1.82) is 0 Å². The number of nitrogens with zero attached hydrogens (tertiary/aromatic N) is 2. The maximum atomic E-state index is 4.12. The van der Waals surface area contributed by atoms with Gasteiger partial charge in [0.05, 0.1) is 6.33 Å². The van der Waals surface area contributed by atoms with E-state index in [2.05, 4.69) is 54.0 Å². The third-order valence-corrected chi connectivity index (χ3v) is 4.50. The summed E-state index contributed by atoms with van der Waals surface area (Å²) in [5, 5.41) is 5.86. The fraction of sp³-hybridized carbons (Fsp3) is 0.533. The number of aromatic nitrogens is 2. The van der Waals surface area contributed by atoms with E-state index in [1.54, 1.807) is 0 Å². The second kappa shape index (κ2) is 5.88. The molecule has 2 aromatic heterocycles. The monoisotopic (exact) mass is 277 g/mol. The Hall–Kier alpha value is -1.13. The largest absolute Gasteiger partial charge is 0.336 e. The van der Waals surface area contributed by atoms with Crippen LogP contribution in [-0.2, 0) is 13.1 Å². The van der Waals surface area contributed by atoms with Gasteiger partial charge in [-0.25, -0.2) is 4.98 Å². The standard InChI is InChI=1S/C15H23N3S/c1-12-5-8-19-13(12)9-17-14(15(2,3)4)10-18-7-6-16-11-18/h5-8,11,14,17H,9-10H2,1-4H3. The van der Waals surface area contributed by atoms with Crippen LogP contribution in [0.1, 0.15) is 31.2 Å². The zero-order valence-electron chi connectivity index (χ0n) is 12.2. The van der Waals surface area contributed by atoms with E-state index < -0.39 is 0 Å². The molecule has 2 aromatic rings. The Kier molecular flexibility index (Phi) is 4.42. The van der Waals surface area contributed by atoms with Crippen LogP contribution in [0.25, 0.3) is 0 Å². The summed E-state index contributed by atoms with van der Waals surface area (Å²) in [4.78, 5) is 5.55. The summed E-state index contributed by atoms with van der Waals surface area (Å²) in [7, 11) is 0. The Bertz CT molecular complexity index is 494. The predicted molar refractivity (Wildman–Crippen MR) is 81.4 cm³/mol. The summed E-state index contributed by atoms with van der Waals surface area (Å²) in [6, 6.07) is 2.60. The number of aryl methyl sites for hydroxylation is 1. The van der Waals surface area contributed by atoms with Crippen LogP contribution in [0.15, 0.2) is 30.2 Å². The fourth-order valence-electron chi connectivity index (χ4n) is 2.05. The van der Waals surface area contributed by atoms with Crippen molar-refractivity contribution < 1.29 is 0 Å². The van der Waals surface area contributed by atoms with Gasteiger partial charge in [-0.2, -0.15) is 0 Å². The molecule has 2 rings (SSSR count). The Balaban J connectivity index is 2.00. The Morgan fingerprint density at radius 3 is 2.74 bits per heavy atom. The molecule has 104 valence electrons. The van der Waals surface area contributed by atoms with Gasteiger partial charge in [-0.05, 0) is 29.3 Å². The lowest BCUT2D eigenvalue weighted by atomic mass is 9.86. The molecule has 0 amide bonds. The molecule has 2 heterocycles. The van der Waals surface area contributed by atoms with E-state index in [0.29, 0.717) is 6.04 Å². The molecule has 0 aromatic carbocycles. The molecule has 0 aliphatic heterocycles. The molecular weight excluding hydrogens is 254 g/mol. The molecule has 1 unspecified atom stereocenters. The van der Waals surface area contributed by atoms with Crippen molar-refractivity contribution in [1.82, 2.24) is 14.9 Å². The van der Waals surface area contributed by atoms with Gasteiger partial charge in [0.15, 0.2) is 0 Å². The van der Waals surface area contributed by atoms with Crippen LogP contribution in [0.5, 0.6) is 0 Å². The van der Waals surface area contributed by atoms with E-state index in [1.165, 1.54) is 10.4 Å². The van der Waals surface area contributed by atoms with Gasteiger partial charge in [0.25, 0.3) is 0 Å². The Morgan fingerprint density at radius 1 is 1.42 bits per heavy atom. The second-order valence-electron chi connectivity index (χ2n) is 6.09. The van der Waals surface area contributed by atoms with E-state index in [4.69, 9.17) is 0 Å². The predicted octanol–water partition coefficient (Wildman–Crippen LogP) is 3.46. The molecule has 0 aliphatic carbocycles. The van der Waals surface area contributed by atoms with Gasteiger partial charge in [0.1, 0.15) is 0 Å². The highest BCUT2D eigenvalue weighted by atomic mass is 32.1. The van der Waals surface area contributed by atoms with Gasteiger partial charge in [0.2, 0.25) is 0 Å². The minimum atomic E-state index is 0.218. The van der Waals surface area contributed by atoms with Crippen LogP contribution in [-0.4, -0.2) is 15.6 Å². The lowest BCUT2D eigenvalue weighted by molar-refractivity contribution is 0.240. The highest BCUT2D eigenvalue weighted by Gasteiger charge is 2.24. The average Bonchev–Trinajstić information content (AvgIpc) is 2.94. The molecule has 19 heavy (non-hydrogen) atoms. The molecule has 0 spiro atoms. The topological polar surface area (TPSA) is 29.9 Å². The Morgan fingerprint density at radius 2 is 2.21 bits per heavy atom. The minimum absolute atomic E-state index is 0.218. The Labute approximate surface area is 119 Å². The summed E-state index contributed by atoms with van der Waals surface area (Å²) in [5.41, 5.74) is 1.60. The SMILES string of the molecule is Cc1ccsc1CNC(Cn1ccnc1)C(C)(C)C. The molecule has 0 aliphatic rings.